The fraction of sp³-hybridized carbons (Fsp3) is 0.429. The van der Waals surface area contributed by atoms with E-state index in [0.717, 1.165) is 30.8 Å². The average Bonchev–Trinajstić information content (AvgIpc) is 3.01. The molecule has 1 N–H and O–H groups in total. The van der Waals surface area contributed by atoms with Crippen LogP contribution in [-0.2, 0) is 10.0 Å². The Morgan fingerprint density at radius 3 is 2.68 bits per heavy atom. The number of hydrogen-bond donors (Lipinski definition) is 1. The summed E-state index contributed by atoms with van der Waals surface area (Å²) in [4.78, 5) is 1.71. The predicted octanol–water partition coefficient (Wildman–Crippen LogP) is 1.35. The fourth-order valence-electron chi connectivity index (χ4n) is 4.76. The minimum atomic E-state index is -3.70. The number of nitrogens with one attached hydrogen (secondary N) is 1. The summed E-state index contributed by atoms with van der Waals surface area (Å²) >= 11 is 0. The normalized spacial score (nSPS) is 25.9. The molecule has 0 aromatic heterocycles. The lowest BCUT2D eigenvalue weighted by atomic mass is 9.89. The van der Waals surface area contributed by atoms with Gasteiger partial charge in [-0.1, -0.05) is 17.7 Å². The zero-order chi connectivity index (χ0) is 19.5. The largest absolute Gasteiger partial charge is 0.486 e. The molecule has 2 aromatic carbocycles. The molecule has 0 aliphatic carbocycles. The Balaban J connectivity index is 1.61. The summed E-state index contributed by atoms with van der Waals surface area (Å²) < 4.78 is 40.3. The second kappa shape index (κ2) is 6.39. The van der Waals surface area contributed by atoms with Crippen molar-refractivity contribution in [1.29, 1.82) is 0 Å². The van der Waals surface area contributed by atoms with Crippen LogP contribution in [-0.4, -0.2) is 47.8 Å². The van der Waals surface area contributed by atoms with Gasteiger partial charge in [-0.25, -0.2) is 8.42 Å². The second-order valence-corrected chi connectivity index (χ2v) is 9.86. The van der Waals surface area contributed by atoms with Crippen LogP contribution in [0.3, 0.4) is 0 Å². The highest BCUT2D eigenvalue weighted by atomic mass is 32.2. The third-order valence-electron chi connectivity index (χ3n) is 6.09. The molecule has 148 valence electrons. The van der Waals surface area contributed by atoms with Gasteiger partial charge in [0.1, 0.15) is 13.2 Å². The van der Waals surface area contributed by atoms with Crippen molar-refractivity contribution >= 4 is 15.7 Å². The zero-order valence-corrected chi connectivity index (χ0v) is 17.0. The third-order valence-corrected chi connectivity index (χ3v) is 7.93. The van der Waals surface area contributed by atoms with E-state index >= 15 is 0 Å². The number of benzene rings is 2. The van der Waals surface area contributed by atoms with E-state index in [1.807, 2.05) is 12.1 Å². The topological polar surface area (TPSA) is 60.3 Å². The number of aryl methyl sites for hydroxylation is 1. The molecule has 0 radical (unpaired) electrons. The zero-order valence-electron chi connectivity index (χ0n) is 16.1. The fourth-order valence-corrected chi connectivity index (χ4v) is 6.52. The van der Waals surface area contributed by atoms with Crippen molar-refractivity contribution in [2.24, 2.45) is 0 Å². The molecule has 5 rings (SSSR count). The van der Waals surface area contributed by atoms with Gasteiger partial charge in [0, 0.05) is 12.5 Å². The van der Waals surface area contributed by atoms with E-state index in [0.29, 0.717) is 24.7 Å². The van der Waals surface area contributed by atoms with Crippen LogP contribution in [0.1, 0.15) is 23.5 Å². The van der Waals surface area contributed by atoms with Gasteiger partial charge in [0.2, 0.25) is 0 Å². The number of sulfonamides is 1. The minimum absolute atomic E-state index is 0.0290. The molecule has 1 unspecified atom stereocenters. The molecule has 6 nitrogen and oxygen atoms in total. The maximum Gasteiger partial charge on any atom is 0.264 e. The van der Waals surface area contributed by atoms with E-state index in [1.165, 1.54) is 10.5 Å². The molecule has 3 heterocycles. The van der Waals surface area contributed by atoms with Crippen molar-refractivity contribution in [3.8, 4) is 11.5 Å². The van der Waals surface area contributed by atoms with Gasteiger partial charge in [-0.15, -0.1) is 0 Å². The summed E-state index contributed by atoms with van der Waals surface area (Å²) in [5, 5.41) is 0. The van der Waals surface area contributed by atoms with Crippen LogP contribution >= 0.6 is 0 Å². The Morgan fingerprint density at radius 1 is 1.07 bits per heavy atom. The lowest BCUT2D eigenvalue weighted by Crippen LogP contribution is -3.11. The van der Waals surface area contributed by atoms with Gasteiger partial charge in [0.15, 0.2) is 11.5 Å². The van der Waals surface area contributed by atoms with Gasteiger partial charge < -0.3 is 14.4 Å². The van der Waals surface area contributed by atoms with Gasteiger partial charge in [0.25, 0.3) is 10.0 Å². The number of piperidine rings is 1. The molecule has 28 heavy (non-hydrogen) atoms. The summed E-state index contributed by atoms with van der Waals surface area (Å²) in [6.45, 7) is 4.90. The van der Waals surface area contributed by atoms with Crippen LogP contribution in [0.5, 0.6) is 11.5 Å². The maximum atomic E-state index is 13.7. The highest BCUT2D eigenvalue weighted by Crippen LogP contribution is 2.46. The maximum absolute atomic E-state index is 13.7. The van der Waals surface area contributed by atoms with E-state index in [9.17, 15) is 8.42 Å². The summed E-state index contributed by atoms with van der Waals surface area (Å²) in [7, 11) is -1.51. The van der Waals surface area contributed by atoms with Crippen molar-refractivity contribution < 1.29 is 22.8 Å². The highest BCUT2D eigenvalue weighted by molar-refractivity contribution is 7.92. The Hall–Kier alpha value is -2.25. The van der Waals surface area contributed by atoms with Crippen LogP contribution in [0.2, 0.25) is 0 Å². The second-order valence-electron chi connectivity index (χ2n) is 8.04. The molecular formula is C21H25N2O4S+. The molecule has 0 amide bonds. The summed E-state index contributed by atoms with van der Waals surface area (Å²) in [6, 6.07) is 11.0. The molecule has 2 aromatic rings. The molecule has 0 bridgehead atoms. The first kappa shape index (κ1) is 17.8. The SMILES string of the molecule is Cc1ccc2c(c1)[C@@H]1C[NH+](C)CC[C@@H]1N2S(=O)(=O)c1ccc2c(c1)OCCO2. The molecule has 3 atom stereocenters. The molecule has 7 heteroatoms. The van der Waals surface area contributed by atoms with E-state index in [-0.39, 0.29) is 16.9 Å². The van der Waals surface area contributed by atoms with Gasteiger partial charge in [-0.2, -0.15) is 0 Å². The number of nitrogens with zero attached hydrogens (tertiary/aromatic N) is 1. The first-order chi connectivity index (χ1) is 13.4. The van der Waals surface area contributed by atoms with Gasteiger partial charge >= 0.3 is 0 Å². The number of rotatable bonds is 2. The quantitative estimate of drug-likeness (QED) is 0.825. The van der Waals surface area contributed by atoms with Gasteiger partial charge in [0.05, 0.1) is 42.7 Å². The molecule has 1 fully saturated rings. The average molecular weight is 402 g/mol. The van der Waals surface area contributed by atoms with E-state index in [2.05, 4.69) is 20.0 Å². The lowest BCUT2D eigenvalue weighted by molar-refractivity contribution is -0.886. The summed E-state index contributed by atoms with van der Waals surface area (Å²) in [5.41, 5.74) is 3.15. The third kappa shape index (κ3) is 2.68. The Kier molecular flexibility index (Phi) is 4.07. The van der Waals surface area contributed by atoms with Crippen LogP contribution in [0.4, 0.5) is 5.69 Å². The Labute approximate surface area is 165 Å². The van der Waals surface area contributed by atoms with E-state index < -0.39 is 10.0 Å². The van der Waals surface area contributed by atoms with Gasteiger partial charge in [-0.3, -0.25) is 4.31 Å². The van der Waals surface area contributed by atoms with Crippen LogP contribution < -0.4 is 18.7 Å². The molecule has 1 saturated heterocycles. The molecular weight excluding hydrogens is 376 g/mol. The monoisotopic (exact) mass is 401 g/mol. The van der Waals surface area contributed by atoms with Crippen molar-refractivity contribution in [2.75, 3.05) is 37.7 Å². The molecule has 0 saturated carbocycles. The van der Waals surface area contributed by atoms with Gasteiger partial charge in [-0.05, 0) is 30.7 Å². The summed E-state index contributed by atoms with van der Waals surface area (Å²) in [6.07, 6.45) is 0.855. The number of quaternary nitrogens is 1. The number of likely N-dealkylation sites (N-methyl/N-ethyl adjacent to an activating group) is 1. The molecule has 3 aliphatic heterocycles. The van der Waals surface area contributed by atoms with Crippen molar-refractivity contribution in [2.45, 2.75) is 30.2 Å². The van der Waals surface area contributed by atoms with Crippen molar-refractivity contribution in [1.82, 2.24) is 0 Å². The lowest BCUT2D eigenvalue weighted by Gasteiger charge is -2.34. The minimum Gasteiger partial charge on any atom is -0.486 e. The first-order valence-electron chi connectivity index (χ1n) is 9.81. The standard InChI is InChI=1S/C21H24N2O4S/c1-14-3-5-18-16(11-14)17-13-22(2)8-7-19(17)23(18)28(24,25)15-4-6-20-21(12-15)27-10-9-26-20/h3-6,11-12,17,19H,7-10,13H2,1-2H3/p+1/t17-,19-/m0/s1. The number of likely N-dealkylation sites (tertiary alicyclic amines) is 1. The van der Waals surface area contributed by atoms with Crippen LogP contribution in [0, 0.1) is 6.92 Å². The van der Waals surface area contributed by atoms with E-state index in [4.69, 9.17) is 9.47 Å². The highest BCUT2D eigenvalue weighted by Gasteiger charge is 2.48. The Morgan fingerprint density at radius 2 is 1.86 bits per heavy atom. The predicted molar refractivity (Wildman–Crippen MR) is 106 cm³/mol. The summed E-state index contributed by atoms with van der Waals surface area (Å²) in [5.74, 6) is 1.33. The molecule has 3 aliphatic rings. The van der Waals surface area contributed by atoms with Crippen molar-refractivity contribution in [3.05, 3.63) is 47.5 Å². The number of anilines is 1. The van der Waals surface area contributed by atoms with Crippen molar-refractivity contribution in [3.63, 3.8) is 0 Å². The smallest absolute Gasteiger partial charge is 0.264 e. The Bertz CT molecular complexity index is 1040. The molecule has 0 spiro atoms. The van der Waals surface area contributed by atoms with Crippen LogP contribution in [0.15, 0.2) is 41.3 Å². The number of hydrogen-bond acceptors (Lipinski definition) is 4. The van der Waals surface area contributed by atoms with E-state index in [1.54, 1.807) is 22.5 Å². The number of ether oxygens (including phenoxy) is 2. The first-order valence-corrected chi connectivity index (χ1v) is 11.2. The van der Waals surface area contributed by atoms with Crippen LogP contribution in [0.25, 0.3) is 0 Å². The number of fused-ring (bicyclic) bond motifs is 4.